The molecule has 1 aromatic rings. The van der Waals surface area contributed by atoms with Gasteiger partial charge >= 0.3 is 0 Å². The molecule has 0 unspecified atom stereocenters. The van der Waals surface area contributed by atoms with E-state index < -0.39 is 0 Å². The number of hydrogen-bond acceptors (Lipinski definition) is 9. The lowest BCUT2D eigenvalue weighted by Gasteiger charge is -2.24. The molecule has 0 saturated heterocycles. The van der Waals surface area contributed by atoms with Crippen LogP contribution in [0.25, 0.3) is 0 Å². The molecule has 11 nitrogen and oxygen atoms in total. The average molecular weight is 983 g/mol. The highest BCUT2D eigenvalue weighted by atomic mass is 16.5. The number of amides is 2. The molecule has 1 rings (SSSR count). The minimum atomic E-state index is -0.330. The number of carbonyl (C=O) groups excluding carboxylic acids is 2. The fraction of sp³-hybridized carbons (Fsp3) is 0.797. The van der Waals surface area contributed by atoms with Gasteiger partial charge in [0.25, 0.3) is 5.91 Å². The number of rotatable bonds is 53. The number of carbonyl (C=O) groups is 2. The fourth-order valence-corrected chi connectivity index (χ4v) is 8.72. The van der Waals surface area contributed by atoms with Crippen LogP contribution >= 0.6 is 0 Å². The van der Waals surface area contributed by atoms with E-state index in [1.54, 1.807) is 0 Å². The molecule has 0 heterocycles. The van der Waals surface area contributed by atoms with Gasteiger partial charge in [-0.1, -0.05) is 154 Å². The van der Waals surface area contributed by atoms with Crippen molar-refractivity contribution in [3.63, 3.8) is 0 Å². The van der Waals surface area contributed by atoms with Crippen LogP contribution < -0.4 is 42.6 Å². The van der Waals surface area contributed by atoms with Crippen molar-refractivity contribution in [2.75, 3.05) is 72.1 Å². The van der Waals surface area contributed by atoms with Gasteiger partial charge in [-0.25, -0.2) is 0 Å². The van der Waals surface area contributed by atoms with E-state index in [1.807, 2.05) is 18.2 Å². The number of nitrogens with one attached hydrogen (secondary N) is 3. The van der Waals surface area contributed by atoms with Crippen molar-refractivity contribution in [2.45, 2.75) is 232 Å². The van der Waals surface area contributed by atoms with Gasteiger partial charge in [0, 0.05) is 18.7 Å². The molecule has 406 valence electrons. The van der Waals surface area contributed by atoms with Gasteiger partial charge in [-0.15, -0.1) is 0 Å². The SMILES string of the molecule is CCCCCCCC/C=C\CCCCCCCCOc1ccc(C(=O)NCCNC(=O)[C@H](CCCN(CCCN)CCCN)NCCCN)cc1OCCCCCCCC/C=C\CCCCCCCC. The summed E-state index contributed by atoms with van der Waals surface area (Å²) in [6.07, 6.45) is 49.3. The van der Waals surface area contributed by atoms with E-state index in [0.29, 0.717) is 76.0 Å². The van der Waals surface area contributed by atoms with Gasteiger partial charge in [0.05, 0.1) is 19.3 Å². The molecule has 0 saturated carbocycles. The molecule has 0 spiro atoms. The predicted octanol–water partition coefficient (Wildman–Crippen LogP) is 12.5. The van der Waals surface area contributed by atoms with Crippen molar-refractivity contribution in [3.8, 4) is 11.5 Å². The first kappa shape index (κ1) is 65.1. The van der Waals surface area contributed by atoms with Gasteiger partial charge in [-0.3, -0.25) is 9.59 Å². The number of ether oxygens (including phenoxy) is 2. The number of unbranched alkanes of at least 4 members (excludes halogenated alkanes) is 24. The number of hydrogen-bond donors (Lipinski definition) is 6. The minimum Gasteiger partial charge on any atom is -0.490 e. The Morgan fingerprint density at radius 2 is 0.929 bits per heavy atom. The van der Waals surface area contributed by atoms with Gasteiger partial charge in [-0.2, -0.15) is 0 Å². The Morgan fingerprint density at radius 1 is 0.500 bits per heavy atom. The van der Waals surface area contributed by atoms with E-state index in [9.17, 15) is 9.59 Å². The zero-order valence-electron chi connectivity index (χ0n) is 45.5. The largest absolute Gasteiger partial charge is 0.490 e. The van der Waals surface area contributed by atoms with Crippen molar-refractivity contribution in [1.82, 2.24) is 20.9 Å². The van der Waals surface area contributed by atoms with Crippen molar-refractivity contribution < 1.29 is 19.1 Å². The second-order valence-electron chi connectivity index (χ2n) is 19.7. The molecular weight excluding hydrogens is 871 g/mol. The van der Waals surface area contributed by atoms with Crippen LogP contribution in [0.15, 0.2) is 42.5 Å². The lowest BCUT2D eigenvalue weighted by Crippen LogP contribution is -2.47. The van der Waals surface area contributed by atoms with Crippen molar-refractivity contribution in [2.24, 2.45) is 17.2 Å². The molecule has 0 aromatic heterocycles. The summed E-state index contributed by atoms with van der Waals surface area (Å²) in [6, 6.07) is 5.17. The van der Waals surface area contributed by atoms with Crippen LogP contribution in [0.2, 0.25) is 0 Å². The maximum Gasteiger partial charge on any atom is 0.251 e. The van der Waals surface area contributed by atoms with E-state index in [1.165, 1.54) is 154 Å². The second-order valence-corrected chi connectivity index (χ2v) is 19.7. The second kappa shape index (κ2) is 51.0. The molecule has 0 bridgehead atoms. The first-order chi connectivity index (χ1) is 34.5. The van der Waals surface area contributed by atoms with Crippen LogP contribution in [0.1, 0.15) is 236 Å². The molecule has 2 amide bonds. The van der Waals surface area contributed by atoms with E-state index in [2.05, 4.69) is 59.0 Å². The maximum atomic E-state index is 13.4. The molecule has 0 fully saturated rings. The molecule has 0 aliphatic rings. The molecule has 0 radical (unpaired) electrons. The maximum absolute atomic E-state index is 13.4. The normalized spacial score (nSPS) is 12.1. The summed E-state index contributed by atoms with van der Waals surface area (Å²) in [5.41, 5.74) is 17.8. The van der Waals surface area contributed by atoms with E-state index in [4.69, 9.17) is 26.7 Å². The summed E-state index contributed by atoms with van der Waals surface area (Å²) in [7, 11) is 0. The molecule has 1 aromatic carbocycles. The number of benzene rings is 1. The van der Waals surface area contributed by atoms with Crippen LogP contribution in [-0.4, -0.2) is 94.9 Å². The minimum absolute atomic E-state index is 0.0630. The van der Waals surface area contributed by atoms with E-state index in [-0.39, 0.29) is 17.9 Å². The topological polar surface area (TPSA) is 170 Å². The van der Waals surface area contributed by atoms with Crippen LogP contribution in [0, 0.1) is 0 Å². The Morgan fingerprint density at radius 3 is 1.41 bits per heavy atom. The summed E-state index contributed by atoms with van der Waals surface area (Å²) in [4.78, 5) is 29.1. The molecule has 70 heavy (non-hydrogen) atoms. The number of nitrogens with zero attached hydrogens (tertiary/aromatic N) is 1. The standard InChI is InChI=1S/C59H111N7O4/c1-3-5-7-9-11-13-15-17-19-21-23-25-27-29-31-33-51-69-56-41-40-54(53-57(56)70-52-34-32-30-28-26-24-22-20-18-16-14-12-10-8-6-4-2)58(67)64-46-47-65-59(68)55(63-45-36-42-60)39-35-48-66(49-37-43-61)50-38-44-62/h17-20,40-41,53,55,63H,3-16,21-39,42-52,60-62H2,1-2H3,(H,64,67)(H,65,68)/b19-17-,20-18-/t55-/m0/s1. The molecule has 0 aliphatic heterocycles. The van der Waals surface area contributed by atoms with Gasteiger partial charge < -0.3 is 47.5 Å². The summed E-state index contributed by atoms with van der Waals surface area (Å²) in [5.74, 6) is 1.04. The highest BCUT2D eigenvalue weighted by Gasteiger charge is 2.18. The van der Waals surface area contributed by atoms with Gasteiger partial charge in [-0.05, 0) is 160 Å². The zero-order chi connectivity index (χ0) is 50.6. The summed E-state index contributed by atoms with van der Waals surface area (Å²) < 4.78 is 12.6. The van der Waals surface area contributed by atoms with Crippen molar-refractivity contribution in [1.29, 1.82) is 0 Å². The number of allylic oxidation sites excluding steroid dienone is 4. The Kier molecular flexibility index (Phi) is 47.4. The Labute approximate surface area is 430 Å². The Bertz CT molecular complexity index is 1370. The quantitative estimate of drug-likeness (QED) is 0.0275. The molecule has 0 aliphatic carbocycles. The van der Waals surface area contributed by atoms with E-state index in [0.717, 1.165) is 71.0 Å². The van der Waals surface area contributed by atoms with Crippen molar-refractivity contribution in [3.05, 3.63) is 48.1 Å². The molecule has 11 heteroatoms. The first-order valence-electron chi connectivity index (χ1n) is 29.3. The third-order valence-electron chi connectivity index (χ3n) is 13.2. The van der Waals surface area contributed by atoms with Crippen LogP contribution in [0.3, 0.4) is 0 Å². The van der Waals surface area contributed by atoms with Crippen molar-refractivity contribution >= 4 is 11.8 Å². The smallest absolute Gasteiger partial charge is 0.251 e. The highest BCUT2D eigenvalue weighted by molar-refractivity contribution is 5.95. The molecular formula is C59H111N7O4. The van der Waals surface area contributed by atoms with Gasteiger partial charge in [0.1, 0.15) is 0 Å². The summed E-state index contributed by atoms with van der Waals surface area (Å²) in [6.45, 7) is 11.7. The van der Waals surface area contributed by atoms with Crippen LogP contribution in [0.4, 0.5) is 0 Å². The summed E-state index contributed by atoms with van der Waals surface area (Å²) >= 11 is 0. The predicted molar refractivity (Wildman–Crippen MR) is 300 cm³/mol. The molecule has 9 N–H and O–H groups in total. The first-order valence-corrected chi connectivity index (χ1v) is 29.3. The Hall–Kier alpha value is -2.96. The number of nitrogens with two attached hydrogens (primary N) is 3. The van der Waals surface area contributed by atoms with Gasteiger partial charge in [0.15, 0.2) is 11.5 Å². The average Bonchev–Trinajstić information content (AvgIpc) is 3.37. The highest BCUT2D eigenvalue weighted by Crippen LogP contribution is 2.29. The lowest BCUT2D eigenvalue weighted by atomic mass is 10.1. The monoisotopic (exact) mass is 982 g/mol. The lowest BCUT2D eigenvalue weighted by molar-refractivity contribution is -0.123. The van der Waals surface area contributed by atoms with Crippen LogP contribution in [0.5, 0.6) is 11.5 Å². The van der Waals surface area contributed by atoms with Crippen LogP contribution in [-0.2, 0) is 4.79 Å². The van der Waals surface area contributed by atoms with Gasteiger partial charge in [0.2, 0.25) is 5.91 Å². The van der Waals surface area contributed by atoms with E-state index >= 15 is 0 Å². The zero-order valence-corrected chi connectivity index (χ0v) is 45.5. The third-order valence-corrected chi connectivity index (χ3v) is 13.2. The molecule has 1 atom stereocenters. The Balaban J connectivity index is 2.62. The summed E-state index contributed by atoms with van der Waals surface area (Å²) in [5, 5.41) is 9.43. The fourth-order valence-electron chi connectivity index (χ4n) is 8.72. The third kappa shape index (κ3) is 39.6.